The minimum absolute atomic E-state index is 0.149. The fraction of sp³-hybridized carbons (Fsp3) is 0.250. The van der Waals surface area contributed by atoms with Gasteiger partial charge in [0.25, 0.3) is 5.91 Å². The fourth-order valence-corrected chi connectivity index (χ4v) is 2.17. The maximum atomic E-state index is 14.3. The van der Waals surface area contributed by atoms with E-state index in [1.54, 1.807) is 20.8 Å². The average Bonchev–Trinajstić information content (AvgIpc) is 2.63. The quantitative estimate of drug-likeness (QED) is 0.301. The summed E-state index contributed by atoms with van der Waals surface area (Å²) >= 11 is 0. The van der Waals surface area contributed by atoms with Gasteiger partial charge < -0.3 is 15.5 Å². The van der Waals surface area contributed by atoms with Gasteiger partial charge in [0.2, 0.25) is 0 Å². The van der Waals surface area contributed by atoms with Crippen LogP contribution < -0.4 is 16.3 Å². The molecule has 0 saturated heterocycles. The summed E-state index contributed by atoms with van der Waals surface area (Å²) < 4.78 is 41.6. The van der Waals surface area contributed by atoms with Crippen molar-refractivity contribution in [2.75, 3.05) is 18.5 Å². The number of aromatic nitrogens is 1. The largest absolute Gasteiger partial charge is 0.394 e. The zero-order valence-electron chi connectivity index (χ0n) is 14.5. The van der Waals surface area contributed by atoms with Crippen LogP contribution in [0.5, 0.6) is 0 Å². The molecule has 0 aliphatic heterocycles. The molecular formula is C16H17BF3N3O4. The number of carbonyl (C=O) groups is 1. The second-order valence-corrected chi connectivity index (χ2v) is 5.79. The molecule has 1 heterocycles. The van der Waals surface area contributed by atoms with Crippen LogP contribution in [0.2, 0.25) is 0 Å². The minimum atomic E-state index is -1.75. The van der Waals surface area contributed by atoms with Gasteiger partial charge in [0, 0.05) is 6.20 Å². The summed E-state index contributed by atoms with van der Waals surface area (Å²) in [6.45, 7) is 0.718. The van der Waals surface area contributed by atoms with Gasteiger partial charge in [-0.05, 0) is 24.0 Å². The third kappa shape index (κ3) is 4.97. The van der Waals surface area contributed by atoms with E-state index in [1.165, 1.54) is 6.20 Å². The van der Waals surface area contributed by atoms with Crippen molar-refractivity contribution in [1.29, 1.82) is 0 Å². The smallest absolute Gasteiger partial charge is 0.277 e. The summed E-state index contributed by atoms with van der Waals surface area (Å²) in [4.78, 5) is 20.9. The van der Waals surface area contributed by atoms with Crippen molar-refractivity contribution in [2.45, 2.75) is 13.0 Å². The Hall–Kier alpha value is -2.63. The first-order chi connectivity index (χ1) is 12.7. The number of nitrogens with zero attached hydrogens (tertiary/aromatic N) is 1. The predicted molar refractivity (Wildman–Crippen MR) is 93.3 cm³/mol. The standard InChI is InChI=1S/C16H17BF3N3O4/c1-7-2-10(17)15(21-4-7)22-14-9(3-11(18)12(19)13(14)20)16(26)23-27-6-8(25)5-24/h2-4,8,24-25H,5-6,17H2,1H3,(H,21,22)(H,23,26)/t8-/m1/s1. The van der Waals surface area contributed by atoms with Crippen molar-refractivity contribution in [1.82, 2.24) is 10.5 Å². The van der Waals surface area contributed by atoms with Gasteiger partial charge >= 0.3 is 0 Å². The lowest BCUT2D eigenvalue weighted by atomic mass is 9.95. The number of amides is 1. The number of aryl methyl sites for hydroxylation is 1. The van der Waals surface area contributed by atoms with Crippen molar-refractivity contribution in [2.24, 2.45) is 0 Å². The molecule has 0 aliphatic rings. The number of rotatable bonds is 7. The Kier molecular flexibility index (Phi) is 6.78. The summed E-state index contributed by atoms with van der Waals surface area (Å²) in [6.07, 6.45) is 0.218. The van der Waals surface area contributed by atoms with Gasteiger partial charge in [-0.15, -0.1) is 0 Å². The van der Waals surface area contributed by atoms with Gasteiger partial charge in [-0.3, -0.25) is 9.63 Å². The Balaban J connectivity index is 2.34. The predicted octanol–water partition coefficient (Wildman–Crippen LogP) is -0.176. The zero-order valence-corrected chi connectivity index (χ0v) is 14.5. The third-order valence-corrected chi connectivity index (χ3v) is 3.52. The van der Waals surface area contributed by atoms with Crippen LogP contribution in [0.3, 0.4) is 0 Å². The number of pyridine rings is 1. The molecule has 1 atom stereocenters. The van der Waals surface area contributed by atoms with Crippen LogP contribution in [0.4, 0.5) is 24.7 Å². The van der Waals surface area contributed by atoms with E-state index < -0.39 is 53.9 Å². The minimum Gasteiger partial charge on any atom is -0.394 e. The molecule has 0 aliphatic carbocycles. The number of carbonyl (C=O) groups excluding carboxylic acids is 1. The Morgan fingerprint density at radius 3 is 2.67 bits per heavy atom. The maximum absolute atomic E-state index is 14.3. The van der Waals surface area contributed by atoms with Gasteiger partial charge in [-0.25, -0.2) is 23.6 Å². The van der Waals surface area contributed by atoms with E-state index >= 15 is 0 Å². The molecule has 27 heavy (non-hydrogen) atoms. The number of aliphatic hydroxyl groups excluding tert-OH is 2. The number of nitrogens with one attached hydrogen (secondary N) is 2. The first-order valence-corrected chi connectivity index (χ1v) is 7.83. The highest BCUT2D eigenvalue weighted by Crippen LogP contribution is 2.27. The summed E-state index contributed by atoms with van der Waals surface area (Å²) in [5, 5.41) is 20.3. The molecular weight excluding hydrogens is 366 g/mol. The number of hydroxylamine groups is 1. The van der Waals surface area contributed by atoms with Crippen molar-refractivity contribution in [3.05, 3.63) is 46.9 Å². The molecule has 0 radical (unpaired) electrons. The van der Waals surface area contributed by atoms with Gasteiger partial charge in [0.05, 0.1) is 17.9 Å². The summed E-state index contributed by atoms with van der Waals surface area (Å²) in [5.74, 6) is -5.86. The molecule has 1 aromatic carbocycles. The SMILES string of the molecule is Bc1cc(C)cnc1Nc1c(C(=O)NOC[C@H](O)CO)cc(F)c(F)c1F. The lowest BCUT2D eigenvalue weighted by molar-refractivity contribution is -0.0295. The number of anilines is 2. The number of benzene rings is 1. The van der Waals surface area contributed by atoms with E-state index in [-0.39, 0.29) is 5.82 Å². The van der Waals surface area contributed by atoms with E-state index in [9.17, 15) is 18.0 Å². The van der Waals surface area contributed by atoms with Gasteiger partial charge in [0.1, 0.15) is 26.4 Å². The molecule has 0 saturated carbocycles. The number of halogens is 3. The Bertz CT molecular complexity index is 854. The molecule has 2 aromatic rings. The number of aliphatic hydroxyl groups is 2. The summed E-state index contributed by atoms with van der Waals surface area (Å²) in [5.41, 5.74) is 2.08. The zero-order chi connectivity index (χ0) is 20.1. The van der Waals surface area contributed by atoms with Gasteiger partial charge in [0.15, 0.2) is 17.5 Å². The molecule has 144 valence electrons. The Morgan fingerprint density at radius 2 is 2.04 bits per heavy atom. The molecule has 0 bridgehead atoms. The number of hydrogen-bond acceptors (Lipinski definition) is 6. The molecule has 7 nitrogen and oxygen atoms in total. The lowest BCUT2D eigenvalue weighted by Gasteiger charge is -2.15. The van der Waals surface area contributed by atoms with Crippen LogP contribution >= 0.6 is 0 Å². The molecule has 2 rings (SSSR count). The van der Waals surface area contributed by atoms with Crippen molar-refractivity contribution in [3.8, 4) is 0 Å². The molecule has 0 fully saturated rings. The second kappa shape index (κ2) is 8.84. The monoisotopic (exact) mass is 383 g/mol. The van der Waals surface area contributed by atoms with Crippen LogP contribution in [-0.4, -0.2) is 48.3 Å². The van der Waals surface area contributed by atoms with E-state index in [2.05, 4.69) is 15.1 Å². The van der Waals surface area contributed by atoms with Crippen LogP contribution in [0.25, 0.3) is 0 Å². The summed E-state index contributed by atoms with van der Waals surface area (Å²) in [7, 11) is 1.67. The topological polar surface area (TPSA) is 104 Å². The highest BCUT2D eigenvalue weighted by Gasteiger charge is 2.24. The molecule has 0 spiro atoms. The molecule has 11 heteroatoms. The highest BCUT2D eigenvalue weighted by molar-refractivity contribution is 6.35. The molecule has 4 N–H and O–H groups in total. The first-order valence-electron chi connectivity index (χ1n) is 7.83. The lowest BCUT2D eigenvalue weighted by Crippen LogP contribution is -2.30. The normalized spacial score (nSPS) is 11.9. The average molecular weight is 383 g/mol. The third-order valence-electron chi connectivity index (χ3n) is 3.52. The fourth-order valence-electron chi connectivity index (χ4n) is 2.17. The maximum Gasteiger partial charge on any atom is 0.277 e. The molecule has 1 amide bonds. The van der Waals surface area contributed by atoms with Crippen molar-refractivity contribution < 1.29 is 33.0 Å². The van der Waals surface area contributed by atoms with Crippen LogP contribution in [0.1, 0.15) is 15.9 Å². The van der Waals surface area contributed by atoms with E-state index in [0.717, 1.165) is 5.56 Å². The van der Waals surface area contributed by atoms with Gasteiger partial charge in [-0.1, -0.05) is 6.07 Å². The van der Waals surface area contributed by atoms with Crippen molar-refractivity contribution >= 4 is 30.7 Å². The molecule has 1 aromatic heterocycles. The van der Waals surface area contributed by atoms with E-state index in [0.29, 0.717) is 11.5 Å². The van der Waals surface area contributed by atoms with E-state index in [1.807, 2.05) is 5.48 Å². The Labute approximate surface area is 153 Å². The van der Waals surface area contributed by atoms with E-state index in [4.69, 9.17) is 10.2 Å². The first kappa shape index (κ1) is 20.7. The van der Waals surface area contributed by atoms with Crippen molar-refractivity contribution in [3.63, 3.8) is 0 Å². The second-order valence-electron chi connectivity index (χ2n) is 5.79. The Morgan fingerprint density at radius 1 is 1.33 bits per heavy atom. The number of hydrogen-bond donors (Lipinski definition) is 4. The van der Waals surface area contributed by atoms with Crippen LogP contribution in [0.15, 0.2) is 18.3 Å². The van der Waals surface area contributed by atoms with Gasteiger partial charge in [-0.2, -0.15) is 0 Å². The summed E-state index contributed by atoms with van der Waals surface area (Å²) in [6, 6.07) is 2.23. The highest BCUT2D eigenvalue weighted by atomic mass is 19.2. The molecule has 0 unspecified atom stereocenters. The van der Waals surface area contributed by atoms with Crippen LogP contribution in [-0.2, 0) is 4.84 Å². The van der Waals surface area contributed by atoms with Crippen LogP contribution in [0, 0.1) is 24.4 Å².